The van der Waals surface area contributed by atoms with E-state index in [0.29, 0.717) is 28.7 Å². The van der Waals surface area contributed by atoms with E-state index in [9.17, 15) is 18.0 Å². The van der Waals surface area contributed by atoms with E-state index in [2.05, 4.69) is 9.97 Å². The topological polar surface area (TPSA) is 137 Å². The molecule has 10 heteroatoms. The maximum atomic E-state index is 12.6. The Hall–Kier alpha value is -3.50. The van der Waals surface area contributed by atoms with E-state index >= 15 is 0 Å². The number of H-pyrrole nitrogens is 1. The number of nitrogens with one attached hydrogen (secondary N) is 1. The molecule has 0 fully saturated rings. The Labute approximate surface area is 183 Å². The van der Waals surface area contributed by atoms with E-state index in [-0.39, 0.29) is 22.8 Å². The molecule has 166 valence electrons. The van der Waals surface area contributed by atoms with E-state index in [1.165, 1.54) is 12.1 Å². The molecule has 0 spiro atoms. The zero-order valence-electron chi connectivity index (χ0n) is 17.4. The van der Waals surface area contributed by atoms with Crippen molar-refractivity contribution in [2.45, 2.75) is 37.8 Å². The first-order valence-corrected chi connectivity index (χ1v) is 11.6. The average molecular weight is 455 g/mol. The van der Waals surface area contributed by atoms with Crippen molar-refractivity contribution in [1.29, 1.82) is 0 Å². The zero-order chi connectivity index (χ0) is 22.9. The van der Waals surface area contributed by atoms with Crippen LogP contribution in [0.25, 0.3) is 21.8 Å². The van der Waals surface area contributed by atoms with Crippen molar-refractivity contribution in [1.82, 2.24) is 14.5 Å². The van der Waals surface area contributed by atoms with E-state index in [4.69, 9.17) is 9.88 Å². The fourth-order valence-corrected chi connectivity index (χ4v) is 4.07. The minimum Gasteiger partial charge on any atom is -0.453 e. The number of aromatic amines is 1. The number of imidazole rings is 1. The monoisotopic (exact) mass is 454 g/mol. The van der Waals surface area contributed by atoms with Gasteiger partial charge in [-0.1, -0.05) is 31.5 Å². The van der Waals surface area contributed by atoms with Crippen molar-refractivity contribution in [2.75, 3.05) is 0 Å². The van der Waals surface area contributed by atoms with Gasteiger partial charge in [0.2, 0.25) is 10.0 Å². The van der Waals surface area contributed by atoms with Gasteiger partial charge < -0.3 is 14.3 Å². The van der Waals surface area contributed by atoms with Crippen LogP contribution in [-0.2, 0) is 27.9 Å². The Morgan fingerprint density at radius 3 is 2.72 bits per heavy atom. The number of fused-ring (bicyclic) bond motifs is 2. The first kappa shape index (κ1) is 21.7. The number of benzene rings is 2. The second-order valence-corrected chi connectivity index (χ2v) is 8.97. The molecule has 2 heterocycles. The van der Waals surface area contributed by atoms with Gasteiger partial charge in [-0.2, -0.15) is 0 Å². The molecule has 32 heavy (non-hydrogen) atoms. The summed E-state index contributed by atoms with van der Waals surface area (Å²) >= 11 is 0. The second-order valence-electron chi connectivity index (χ2n) is 7.40. The van der Waals surface area contributed by atoms with Gasteiger partial charge in [-0.05, 0) is 42.1 Å². The number of aryl methyl sites for hydroxylation is 1. The van der Waals surface area contributed by atoms with Crippen molar-refractivity contribution in [3.63, 3.8) is 0 Å². The Morgan fingerprint density at radius 2 is 1.97 bits per heavy atom. The number of ether oxygens (including phenoxy) is 1. The number of sulfonamides is 1. The number of nitrogens with two attached hydrogens (primary N) is 1. The van der Waals surface area contributed by atoms with Crippen LogP contribution in [0.15, 0.2) is 58.2 Å². The van der Waals surface area contributed by atoms with Gasteiger partial charge in [0.1, 0.15) is 18.1 Å². The van der Waals surface area contributed by atoms with Crippen LogP contribution in [-0.4, -0.2) is 28.9 Å². The van der Waals surface area contributed by atoms with Crippen LogP contribution in [0.4, 0.5) is 0 Å². The fourth-order valence-electron chi connectivity index (χ4n) is 3.54. The molecule has 0 atom stereocenters. The van der Waals surface area contributed by atoms with Crippen LogP contribution >= 0.6 is 0 Å². The number of pyridine rings is 1. The lowest BCUT2D eigenvalue weighted by atomic mass is 10.1. The molecular formula is C22H22N4O5S. The summed E-state index contributed by atoms with van der Waals surface area (Å²) in [6.07, 6.45) is 1.80. The predicted octanol–water partition coefficient (Wildman–Crippen LogP) is 2.68. The molecule has 0 aliphatic rings. The fraction of sp³-hybridized carbons (Fsp3) is 0.227. The Bertz CT molecular complexity index is 1490. The smallest absolute Gasteiger partial charge is 0.355 e. The number of carbonyl (C=O) groups is 1. The van der Waals surface area contributed by atoms with Gasteiger partial charge in [0.15, 0.2) is 0 Å². The Morgan fingerprint density at radius 1 is 1.19 bits per heavy atom. The summed E-state index contributed by atoms with van der Waals surface area (Å²) in [7, 11) is -3.87. The molecule has 4 rings (SSSR count). The van der Waals surface area contributed by atoms with Crippen LogP contribution < -0.4 is 10.7 Å². The van der Waals surface area contributed by atoms with Gasteiger partial charge in [-0.15, -0.1) is 0 Å². The van der Waals surface area contributed by atoms with Gasteiger partial charge in [0, 0.05) is 11.9 Å². The van der Waals surface area contributed by atoms with Crippen LogP contribution in [0.5, 0.6) is 0 Å². The van der Waals surface area contributed by atoms with Crippen molar-refractivity contribution in [2.24, 2.45) is 5.14 Å². The number of unbranched alkanes of at least 4 members (excludes halogenated alkanes) is 1. The molecule has 2 aromatic heterocycles. The van der Waals surface area contributed by atoms with Crippen molar-refractivity contribution >= 4 is 37.8 Å². The number of primary sulfonamides is 1. The summed E-state index contributed by atoms with van der Waals surface area (Å²) in [5.41, 5.74) is 0.830. The zero-order valence-corrected chi connectivity index (χ0v) is 18.2. The van der Waals surface area contributed by atoms with Gasteiger partial charge in [0.05, 0.1) is 15.9 Å². The molecular weight excluding hydrogens is 432 g/mol. The van der Waals surface area contributed by atoms with E-state index in [1.54, 1.807) is 36.4 Å². The van der Waals surface area contributed by atoms with E-state index in [1.807, 2.05) is 11.5 Å². The summed E-state index contributed by atoms with van der Waals surface area (Å²) in [5, 5.41) is 6.34. The largest absolute Gasteiger partial charge is 0.453 e. The number of nitrogens with zero attached hydrogens (tertiary/aromatic N) is 2. The first-order valence-electron chi connectivity index (χ1n) is 10.1. The second kappa shape index (κ2) is 8.56. The van der Waals surface area contributed by atoms with Crippen molar-refractivity contribution < 1.29 is 17.9 Å². The quantitative estimate of drug-likeness (QED) is 0.412. The Kier molecular flexibility index (Phi) is 5.81. The summed E-state index contributed by atoms with van der Waals surface area (Å²) in [4.78, 5) is 31.8. The van der Waals surface area contributed by atoms with E-state index in [0.717, 1.165) is 18.4 Å². The minimum absolute atomic E-state index is 0.0394. The molecule has 2 aromatic carbocycles. The number of esters is 1. The molecule has 3 N–H and O–H groups in total. The molecule has 4 aromatic rings. The van der Waals surface area contributed by atoms with Crippen LogP contribution in [0.2, 0.25) is 0 Å². The van der Waals surface area contributed by atoms with Crippen LogP contribution in [0, 0.1) is 0 Å². The van der Waals surface area contributed by atoms with Crippen LogP contribution in [0.3, 0.4) is 0 Å². The van der Waals surface area contributed by atoms with Crippen molar-refractivity contribution in [3.8, 4) is 0 Å². The third-order valence-electron chi connectivity index (χ3n) is 5.17. The molecule has 0 unspecified atom stereocenters. The minimum atomic E-state index is -3.87. The number of hydrogen-bond acceptors (Lipinski definition) is 6. The highest BCUT2D eigenvalue weighted by atomic mass is 32.2. The van der Waals surface area contributed by atoms with Gasteiger partial charge >= 0.3 is 5.97 Å². The standard InChI is InChI=1S/C22H22N4O5S/c1-2-3-10-26-19-9-8-15(32(23,29)30)12-17(19)24-20(26)13-31-22(28)18-11-14-6-4-5-7-16(14)21(27)25-18/h4-9,11-12H,2-3,10,13H2,1H3,(H,25,27)(H2,23,29,30). The highest BCUT2D eigenvalue weighted by molar-refractivity contribution is 7.89. The lowest BCUT2D eigenvalue weighted by Gasteiger charge is -2.10. The SMILES string of the molecule is CCCCn1c(COC(=O)c2cc3ccccc3c(=O)[nH]2)nc2cc(S(N)(=O)=O)ccc21. The summed E-state index contributed by atoms with van der Waals surface area (Å²) in [6, 6.07) is 13.0. The molecule has 0 bridgehead atoms. The molecule has 0 aliphatic carbocycles. The Balaban J connectivity index is 1.64. The summed E-state index contributed by atoms with van der Waals surface area (Å²) in [6.45, 7) is 2.53. The molecule has 0 saturated heterocycles. The molecule has 0 radical (unpaired) electrons. The number of aromatic nitrogens is 3. The van der Waals surface area contributed by atoms with Gasteiger partial charge in [0.25, 0.3) is 5.56 Å². The summed E-state index contributed by atoms with van der Waals surface area (Å²) in [5.74, 6) is -0.219. The lowest BCUT2D eigenvalue weighted by Crippen LogP contribution is -2.16. The number of rotatable bonds is 7. The molecule has 9 nitrogen and oxygen atoms in total. The third kappa shape index (κ3) is 4.27. The summed E-state index contributed by atoms with van der Waals surface area (Å²) < 4.78 is 30.7. The van der Waals surface area contributed by atoms with Gasteiger partial charge in [-0.25, -0.2) is 23.3 Å². The lowest BCUT2D eigenvalue weighted by molar-refractivity contribution is 0.0451. The van der Waals surface area contributed by atoms with Crippen LogP contribution in [0.1, 0.15) is 36.1 Å². The van der Waals surface area contributed by atoms with Gasteiger partial charge in [-0.3, -0.25) is 4.79 Å². The molecule has 0 saturated carbocycles. The van der Waals surface area contributed by atoms with Crippen molar-refractivity contribution in [3.05, 3.63) is 70.4 Å². The molecule has 0 aliphatic heterocycles. The first-order chi connectivity index (χ1) is 15.3. The highest BCUT2D eigenvalue weighted by Gasteiger charge is 2.17. The third-order valence-corrected chi connectivity index (χ3v) is 6.08. The maximum Gasteiger partial charge on any atom is 0.355 e. The highest BCUT2D eigenvalue weighted by Crippen LogP contribution is 2.22. The predicted molar refractivity (Wildman–Crippen MR) is 120 cm³/mol. The molecule has 0 amide bonds. The number of carbonyl (C=O) groups excluding carboxylic acids is 1. The normalized spacial score (nSPS) is 11.8. The average Bonchev–Trinajstić information content (AvgIpc) is 3.12. The van der Waals surface area contributed by atoms with E-state index < -0.39 is 16.0 Å². The number of hydrogen-bond donors (Lipinski definition) is 2. The maximum absolute atomic E-state index is 12.6.